The first-order chi connectivity index (χ1) is 7.61. The Bertz CT molecular complexity index is 545. The number of nitrogens with zero attached hydrogens (tertiary/aromatic N) is 2. The molecule has 1 N–H and O–H groups in total. The number of aliphatic hydroxyl groups is 1. The highest BCUT2D eigenvalue weighted by Crippen LogP contribution is 2.21. The van der Waals surface area contributed by atoms with Gasteiger partial charge in [0.25, 0.3) is 0 Å². The summed E-state index contributed by atoms with van der Waals surface area (Å²) in [7, 11) is 0. The number of hydrogen-bond acceptors (Lipinski definition) is 2. The predicted octanol–water partition coefficient (Wildman–Crippen LogP) is 2.76. The summed E-state index contributed by atoms with van der Waals surface area (Å²) in [6.45, 7) is 6.40. The molecule has 3 nitrogen and oxygen atoms in total. The summed E-state index contributed by atoms with van der Waals surface area (Å²) in [6.07, 6.45) is 0. The molecule has 0 bridgehead atoms. The minimum Gasteiger partial charge on any atom is -0.388 e. The Morgan fingerprint density at radius 1 is 1.56 bits per heavy atom. The van der Waals surface area contributed by atoms with Gasteiger partial charge in [-0.1, -0.05) is 23.8 Å². The van der Waals surface area contributed by atoms with Crippen molar-refractivity contribution in [1.82, 2.24) is 9.55 Å². The quantitative estimate of drug-likeness (QED) is 0.833. The lowest BCUT2D eigenvalue weighted by atomic mass is 10.3. The zero-order chi connectivity index (χ0) is 11.7. The third-order valence-electron chi connectivity index (χ3n) is 2.36. The maximum absolute atomic E-state index is 9.26. The topological polar surface area (TPSA) is 38.0 Å². The first-order valence-corrected chi connectivity index (χ1v) is 5.39. The lowest BCUT2D eigenvalue weighted by Crippen LogP contribution is -2.04. The molecule has 84 valence electrons. The Balaban J connectivity index is 2.63. The van der Waals surface area contributed by atoms with E-state index in [4.69, 9.17) is 11.6 Å². The van der Waals surface area contributed by atoms with Crippen LogP contribution in [0.2, 0.25) is 5.02 Å². The van der Waals surface area contributed by atoms with E-state index in [-0.39, 0.29) is 6.61 Å². The Morgan fingerprint density at radius 3 is 2.94 bits per heavy atom. The number of benzene rings is 1. The van der Waals surface area contributed by atoms with Crippen LogP contribution in [0, 0.1) is 0 Å². The highest BCUT2D eigenvalue weighted by molar-refractivity contribution is 6.31. The van der Waals surface area contributed by atoms with Crippen LogP contribution in [0.4, 0.5) is 0 Å². The third kappa shape index (κ3) is 1.96. The zero-order valence-electron chi connectivity index (χ0n) is 9.07. The molecule has 2 aromatic rings. The molecule has 16 heavy (non-hydrogen) atoms. The van der Waals surface area contributed by atoms with Crippen LogP contribution >= 0.6 is 11.6 Å². The van der Waals surface area contributed by atoms with Crippen LogP contribution < -0.4 is 0 Å². The molecule has 1 aromatic carbocycles. The van der Waals surface area contributed by atoms with Crippen LogP contribution in [0.25, 0.3) is 11.0 Å². The average Bonchev–Trinajstić information content (AvgIpc) is 2.55. The molecule has 0 aliphatic carbocycles. The summed E-state index contributed by atoms with van der Waals surface area (Å²) in [5, 5.41) is 9.91. The average molecular weight is 237 g/mol. The first kappa shape index (κ1) is 11.2. The van der Waals surface area contributed by atoms with Gasteiger partial charge in [0, 0.05) is 11.6 Å². The van der Waals surface area contributed by atoms with Gasteiger partial charge in [-0.2, -0.15) is 0 Å². The Morgan fingerprint density at radius 2 is 2.31 bits per heavy atom. The molecular weight excluding hydrogens is 224 g/mol. The second-order valence-electron chi connectivity index (χ2n) is 3.86. The van der Waals surface area contributed by atoms with E-state index in [1.54, 1.807) is 6.07 Å². The largest absolute Gasteiger partial charge is 0.388 e. The molecule has 0 saturated heterocycles. The fraction of sp³-hybridized carbons (Fsp3) is 0.250. The highest BCUT2D eigenvalue weighted by atomic mass is 35.5. The predicted molar refractivity (Wildman–Crippen MR) is 65.5 cm³/mol. The van der Waals surface area contributed by atoms with Crippen LogP contribution in [0.15, 0.2) is 30.4 Å². The van der Waals surface area contributed by atoms with Gasteiger partial charge in [-0.15, -0.1) is 0 Å². The van der Waals surface area contributed by atoms with E-state index in [1.807, 2.05) is 23.6 Å². The van der Waals surface area contributed by atoms with Crippen molar-refractivity contribution in [2.45, 2.75) is 20.1 Å². The van der Waals surface area contributed by atoms with E-state index in [2.05, 4.69) is 11.6 Å². The van der Waals surface area contributed by atoms with Crippen LogP contribution in [0.5, 0.6) is 0 Å². The van der Waals surface area contributed by atoms with Crippen molar-refractivity contribution in [2.75, 3.05) is 0 Å². The Hall–Kier alpha value is -1.32. The molecule has 0 aliphatic rings. The van der Waals surface area contributed by atoms with Gasteiger partial charge >= 0.3 is 0 Å². The molecule has 0 aliphatic heterocycles. The monoisotopic (exact) mass is 236 g/mol. The van der Waals surface area contributed by atoms with Crippen molar-refractivity contribution in [2.24, 2.45) is 0 Å². The fourth-order valence-corrected chi connectivity index (χ4v) is 1.89. The molecular formula is C12H13ClN2O. The molecule has 0 spiro atoms. The Kier molecular flexibility index (Phi) is 2.99. The summed E-state index contributed by atoms with van der Waals surface area (Å²) in [4.78, 5) is 4.33. The number of imidazole rings is 1. The SMILES string of the molecule is C=C(C)Cn1c(CO)nc2cc(Cl)ccc21. The van der Waals surface area contributed by atoms with Crippen LogP contribution in [0.1, 0.15) is 12.7 Å². The summed E-state index contributed by atoms with van der Waals surface area (Å²) in [5.41, 5.74) is 2.79. The van der Waals surface area contributed by atoms with Crippen molar-refractivity contribution in [3.8, 4) is 0 Å². The van der Waals surface area contributed by atoms with E-state index >= 15 is 0 Å². The fourth-order valence-electron chi connectivity index (χ4n) is 1.72. The number of rotatable bonds is 3. The molecule has 1 aromatic heterocycles. The number of fused-ring (bicyclic) bond motifs is 1. The number of halogens is 1. The smallest absolute Gasteiger partial charge is 0.136 e. The maximum atomic E-state index is 9.26. The number of allylic oxidation sites excluding steroid dienone is 1. The van der Waals surface area contributed by atoms with E-state index in [1.165, 1.54) is 0 Å². The molecule has 1 heterocycles. The molecule has 0 unspecified atom stereocenters. The number of hydrogen-bond donors (Lipinski definition) is 1. The highest BCUT2D eigenvalue weighted by Gasteiger charge is 2.09. The third-order valence-corrected chi connectivity index (χ3v) is 2.59. The standard InChI is InChI=1S/C12H13ClN2O/c1-8(2)6-15-11-4-3-9(13)5-10(11)14-12(15)7-16/h3-5,16H,1,6-7H2,2H3. The minimum atomic E-state index is -0.0838. The van der Waals surface area contributed by atoms with E-state index in [0.29, 0.717) is 17.4 Å². The number of aromatic nitrogens is 2. The lowest BCUT2D eigenvalue weighted by molar-refractivity contribution is 0.267. The van der Waals surface area contributed by atoms with Gasteiger partial charge in [0.1, 0.15) is 12.4 Å². The van der Waals surface area contributed by atoms with Crippen molar-refractivity contribution >= 4 is 22.6 Å². The summed E-state index contributed by atoms with van der Waals surface area (Å²) >= 11 is 5.90. The van der Waals surface area contributed by atoms with Crippen LogP contribution in [-0.2, 0) is 13.2 Å². The molecule has 0 atom stereocenters. The lowest BCUT2D eigenvalue weighted by Gasteiger charge is -2.06. The van der Waals surface area contributed by atoms with Gasteiger partial charge in [0.15, 0.2) is 0 Å². The molecule has 4 heteroatoms. The summed E-state index contributed by atoms with van der Waals surface area (Å²) in [5.74, 6) is 0.639. The van der Waals surface area contributed by atoms with E-state index in [0.717, 1.165) is 16.6 Å². The molecule has 0 saturated carbocycles. The van der Waals surface area contributed by atoms with E-state index < -0.39 is 0 Å². The van der Waals surface area contributed by atoms with Crippen molar-refractivity contribution in [3.63, 3.8) is 0 Å². The van der Waals surface area contributed by atoms with Gasteiger partial charge in [-0.05, 0) is 25.1 Å². The minimum absolute atomic E-state index is 0.0838. The Labute approximate surface area is 99.0 Å². The van der Waals surface area contributed by atoms with E-state index in [9.17, 15) is 5.11 Å². The zero-order valence-corrected chi connectivity index (χ0v) is 9.83. The van der Waals surface area contributed by atoms with Crippen molar-refractivity contribution < 1.29 is 5.11 Å². The van der Waals surface area contributed by atoms with Crippen LogP contribution in [-0.4, -0.2) is 14.7 Å². The normalized spacial score (nSPS) is 10.9. The van der Waals surface area contributed by atoms with Crippen molar-refractivity contribution in [1.29, 1.82) is 0 Å². The molecule has 0 radical (unpaired) electrons. The summed E-state index contributed by atoms with van der Waals surface area (Å²) < 4.78 is 1.95. The second kappa shape index (κ2) is 4.28. The van der Waals surface area contributed by atoms with Gasteiger partial charge in [-0.25, -0.2) is 4.98 Å². The van der Waals surface area contributed by atoms with Gasteiger partial charge in [0.05, 0.1) is 11.0 Å². The van der Waals surface area contributed by atoms with Gasteiger partial charge in [-0.3, -0.25) is 0 Å². The van der Waals surface area contributed by atoms with Gasteiger partial charge in [0.2, 0.25) is 0 Å². The maximum Gasteiger partial charge on any atom is 0.136 e. The first-order valence-electron chi connectivity index (χ1n) is 5.01. The molecule has 0 fully saturated rings. The number of aliphatic hydroxyl groups excluding tert-OH is 1. The summed E-state index contributed by atoms with van der Waals surface area (Å²) in [6, 6.07) is 5.53. The van der Waals surface area contributed by atoms with Crippen LogP contribution in [0.3, 0.4) is 0 Å². The molecule has 2 rings (SSSR count). The molecule has 0 amide bonds. The van der Waals surface area contributed by atoms with Gasteiger partial charge < -0.3 is 9.67 Å². The second-order valence-corrected chi connectivity index (χ2v) is 4.30. The van der Waals surface area contributed by atoms with Crippen molar-refractivity contribution in [3.05, 3.63) is 41.2 Å².